The monoisotopic (exact) mass is 1090 g/mol. The molecule has 454 valence electrons. The molecular formula is C72H130O6. The van der Waals surface area contributed by atoms with Gasteiger partial charge in [-0.15, -0.1) is 0 Å². The molecule has 78 heavy (non-hydrogen) atoms. The number of unbranched alkanes of at least 4 members (excludes halogenated alkanes) is 42. The minimum absolute atomic E-state index is 0.0708. The molecule has 0 spiro atoms. The van der Waals surface area contributed by atoms with E-state index in [1.54, 1.807) is 0 Å². The van der Waals surface area contributed by atoms with E-state index in [9.17, 15) is 14.4 Å². The lowest BCUT2D eigenvalue weighted by Gasteiger charge is -2.18. The van der Waals surface area contributed by atoms with Gasteiger partial charge in [-0.2, -0.15) is 0 Å². The van der Waals surface area contributed by atoms with Crippen LogP contribution in [0.25, 0.3) is 0 Å². The molecule has 0 aromatic carbocycles. The SMILES string of the molecule is CC/C=C\C/C=C\C/C=C\C/C=C\CCCCCCCCCCCCCCC(=O)OC(COC(=O)CCCCCCCC)COC(=O)CCCCCCCCCCCCCCCCCCC/C=C\CCCCCCCCCC. The first-order valence-electron chi connectivity index (χ1n) is 34.3. The van der Waals surface area contributed by atoms with Crippen molar-refractivity contribution >= 4 is 17.9 Å². The van der Waals surface area contributed by atoms with E-state index in [2.05, 4.69) is 81.5 Å². The Labute approximate surface area is 485 Å². The number of hydrogen-bond acceptors (Lipinski definition) is 6. The summed E-state index contributed by atoms with van der Waals surface area (Å²) < 4.78 is 16.8. The van der Waals surface area contributed by atoms with Crippen molar-refractivity contribution in [2.75, 3.05) is 13.2 Å². The van der Waals surface area contributed by atoms with Gasteiger partial charge in [-0.1, -0.05) is 319 Å². The van der Waals surface area contributed by atoms with Crippen LogP contribution in [0.15, 0.2) is 60.8 Å². The zero-order chi connectivity index (χ0) is 56.4. The third-order valence-corrected chi connectivity index (χ3v) is 15.3. The van der Waals surface area contributed by atoms with Gasteiger partial charge in [0.15, 0.2) is 6.10 Å². The van der Waals surface area contributed by atoms with E-state index in [0.29, 0.717) is 19.3 Å². The average molecular weight is 1090 g/mol. The number of rotatable bonds is 63. The summed E-state index contributed by atoms with van der Waals surface area (Å²) in [6.45, 7) is 6.52. The van der Waals surface area contributed by atoms with E-state index in [1.807, 2.05) is 0 Å². The molecule has 0 aliphatic rings. The number of allylic oxidation sites excluding steroid dienone is 10. The van der Waals surface area contributed by atoms with E-state index in [4.69, 9.17) is 14.2 Å². The summed E-state index contributed by atoms with van der Waals surface area (Å²) in [5.74, 6) is -0.863. The van der Waals surface area contributed by atoms with E-state index in [1.165, 1.54) is 238 Å². The molecule has 0 saturated carbocycles. The number of carbonyl (C=O) groups excluding carboxylic acids is 3. The Bertz CT molecular complexity index is 1390. The quantitative estimate of drug-likeness (QED) is 0.0261. The first-order valence-corrected chi connectivity index (χ1v) is 34.3. The number of carbonyl (C=O) groups is 3. The van der Waals surface area contributed by atoms with Crippen molar-refractivity contribution in [3.05, 3.63) is 60.8 Å². The maximum atomic E-state index is 12.9. The molecule has 0 amide bonds. The second-order valence-corrected chi connectivity index (χ2v) is 23.1. The average Bonchev–Trinajstić information content (AvgIpc) is 3.44. The van der Waals surface area contributed by atoms with E-state index in [0.717, 1.165) is 83.5 Å². The van der Waals surface area contributed by atoms with Crippen molar-refractivity contribution in [2.45, 2.75) is 367 Å². The van der Waals surface area contributed by atoms with Crippen molar-refractivity contribution in [1.29, 1.82) is 0 Å². The van der Waals surface area contributed by atoms with Crippen LogP contribution in [0, 0.1) is 0 Å². The van der Waals surface area contributed by atoms with Gasteiger partial charge < -0.3 is 14.2 Å². The van der Waals surface area contributed by atoms with Crippen LogP contribution in [-0.4, -0.2) is 37.2 Å². The van der Waals surface area contributed by atoms with Crippen LogP contribution in [0.4, 0.5) is 0 Å². The highest BCUT2D eigenvalue weighted by Gasteiger charge is 2.19. The Morgan fingerprint density at radius 3 is 0.795 bits per heavy atom. The summed E-state index contributed by atoms with van der Waals surface area (Å²) in [4.78, 5) is 38.1. The highest BCUT2D eigenvalue weighted by molar-refractivity contribution is 5.71. The summed E-state index contributed by atoms with van der Waals surface area (Å²) >= 11 is 0. The molecule has 1 unspecified atom stereocenters. The first-order chi connectivity index (χ1) is 38.5. The zero-order valence-electron chi connectivity index (χ0n) is 52.2. The van der Waals surface area contributed by atoms with Gasteiger partial charge in [0.1, 0.15) is 13.2 Å². The first kappa shape index (κ1) is 75.1. The zero-order valence-corrected chi connectivity index (χ0v) is 52.2. The van der Waals surface area contributed by atoms with E-state index < -0.39 is 6.10 Å². The fourth-order valence-corrected chi connectivity index (χ4v) is 10.1. The molecule has 0 aromatic heterocycles. The molecule has 0 aromatic rings. The van der Waals surface area contributed by atoms with E-state index >= 15 is 0 Å². The predicted molar refractivity (Wildman–Crippen MR) is 339 cm³/mol. The van der Waals surface area contributed by atoms with Crippen LogP contribution in [-0.2, 0) is 28.6 Å². The summed E-state index contributed by atoms with van der Waals surface area (Å²) in [7, 11) is 0. The van der Waals surface area contributed by atoms with Crippen LogP contribution >= 0.6 is 0 Å². The van der Waals surface area contributed by atoms with Crippen molar-refractivity contribution in [1.82, 2.24) is 0 Å². The second kappa shape index (κ2) is 66.6. The fraction of sp³-hybridized carbons (Fsp3) is 0.819. The topological polar surface area (TPSA) is 78.9 Å². The predicted octanol–water partition coefficient (Wildman–Crippen LogP) is 23.5. The van der Waals surface area contributed by atoms with Crippen LogP contribution in [0.1, 0.15) is 361 Å². The minimum Gasteiger partial charge on any atom is -0.462 e. The lowest BCUT2D eigenvalue weighted by Crippen LogP contribution is -2.30. The highest BCUT2D eigenvalue weighted by Crippen LogP contribution is 2.18. The Kier molecular flexibility index (Phi) is 64.2. The van der Waals surface area contributed by atoms with Gasteiger partial charge in [0.25, 0.3) is 0 Å². The van der Waals surface area contributed by atoms with Gasteiger partial charge in [-0.05, 0) is 83.5 Å². The van der Waals surface area contributed by atoms with Crippen LogP contribution < -0.4 is 0 Å². The number of ether oxygens (including phenoxy) is 3. The molecule has 0 radical (unpaired) electrons. The largest absolute Gasteiger partial charge is 0.462 e. The minimum atomic E-state index is -0.771. The van der Waals surface area contributed by atoms with Crippen molar-refractivity contribution in [3.8, 4) is 0 Å². The molecule has 0 bridgehead atoms. The van der Waals surface area contributed by atoms with Crippen molar-refractivity contribution in [3.63, 3.8) is 0 Å². The standard InChI is InChI=1S/C72H130O6/c1-4-7-10-13-16-18-20-22-24-26-28-30-32-34-35-36-37-39-40-42-44-46-48-50-52-54-56-59-62-65-71(74)77-68-69(67-76-70(73)64-61-58-15-12-9-6-3)78-72(75)66-63-60-57-55-53-51-49-47-45-43-41-38-33-31-29-27-25-23-21-19-17-14-11-8-5-2/h8,11,17,19,23,25-26,28-29,31,69H,4-7,9-10,12-16,18,20-22,24,27,30,32-68H2,1-3H3/b11-8-,19-17-,25-23-,28-26-,31-29-. The molecule has 0 heterocycles. The maximum absolute atomic E-state index is 12.9. The van der Waals surface area contributed by atoms with Gasteiger partial charge in [0.2, 0.25) is 0 Å². The third-order valence-electron chi connectivity index (χ3n) is 15.3. The smallest absolute Gasteiger partial charge is 0.306 e. The maximum Gasteiger partial charge on any atom is 0.306 e. The van der Waals surface area contributed by atoms with Crippen LogP contribution in [0.3, 0.4) is 0 Å². The molecular weight excluding hydrogens is 961 g/mol. The molecule has 0 N–H and O–H groups in total. The summed E-state index contributed by atoms with van der Waals surface area (Å²) in [6, 6.07) is 0. The Hall–Kier alpha value is -2.89. The molecule has 0 rings (SSSR count). The van der Waals surface area contributed by atoms with Gasteiger partial charge in [-0.25, -0.2) is 0 Å². The molecule has 0 saturated heterocycles. The van der Waals surface area contributed by atoms with Crippen LogP contribution in [0.5, 0.6) is 0 Å². The number of hydrogen-bond donors (Lipinski definition) is 0. The van der Waals surface area contributed by atoms with Gasteiger partial charge in [0, 0.05) is 19.3 Å². The summed E-state index contributed by atoms with van der Waals surface area (Å²) in [5, 5.41) is 0. The molecule has 0 aliphatic carbocycles. The highest BCUT2D eigenvalue weighted by atomic mass is 16.6. The third kappa shape index (κ3) is 63.9. The van der Waals surface area contributed by atoms with Crippen molar-refractivity contribution < 1.29 is 28.6 Å². The summed E-state index contributed by atoms with van der Waals surface area (Å²) in [5.41, 5.74) is 0. The van der Waals surface area contributed by atoms with Crippen molar-refractivity contribution in [2.24, 2.45) is 0 Å². The van der Waals surface area contributed by atoms with Gasteiger partial charge in [-0.3, -0.25) is 14.4 Å². The summed E-state index contributed by atoms with van der Waals surface area (Å²) in [6.07, 6.45) is 85.8. The fourth-order valence-electron chi connectivity index (χ4n) is 10.1. The molecule has 0 fully saturated rings. The molecule has 0 aliphatic heterocycles. The number of esters is 3. The second-order valence-electron chi connectivity index (χ2n) is 23.1. The molecule has 6 heteroatoms. The van der Waals surface area contributed by atoms with Crippen LogP contribution in [0.2, 0.25) is 0 Å². The Morgan fingerprint density at radius 1 is 0.269 bits per heavy atom. The molecule has 6 nitrogen and oxygen atoms in total. The van der Waals surface area contributed by atoms with Gasteiger partial charge >= 0.3 is 17.9 Å². The lowest BCUT2D eigenvalue weighted by molar-refractivity contribution is -0.167. The Balaban J connectivity index is 4.00. The van der Waals surface area contributed by atoms with Gasteiger partial charge in [0.05, 0.1) is 0 Å². The Morgan fingerprint density at radius 2 is 0.500 bits per heavy atom. The van der Waals surface area contributed by atoms with E-state index in [-0.39, 0.29) is 31.1 Å². The molecule has 1 atom stereocenters. The normalized spacial score (nSPS) is 12.4. The lowest BCUT2D eigenvalue weighted by atomic mass is 10.0.